The van der Waals surface area contributed by atoms with Crippen LogP contribution in [0.2, 0.25) is 5.02 Å². The van der Waals surface area contributed by atoms with Gasteiger partial charge in [-0.05, 0) is 110 Å². The molecule has 5 rings (SSSR count). The molecule has 0 bridgehead atoms. The molecule has 4 aliphatic carbocycles. The molecule has 4 aliphatic rings. The van der Waals surface area contributed by atoms with Crippen molar-refractivity contribution in [2.75, 3.05) is 0 Å². The van der Waals surface area contributed by atoms with E-state index in [-0.39, 0.29) is 12.1 Å². The van der Waals surface area contributed by atoms with Crippen LogP contribution in [0.25, 0.3) is 0 Å². The quantitative estimate of drug-likeness (QED) is 0.182. The minimum absolute atomic E-state index is 0.00102. The molecule has 0 spiro atoms. The van der Waals surface area contributed by atoms with Crippen molar-refractivity contribution in [3.8, 4) is 0 Å². The summed E-state index contributed by atoms with van der Waals surface area (Å²) in [6.07, 6.45) is 22.6. The zero-order valence-corrected chi connectivity index (χ0v) is 24.3. The summed E-state index contributed by atoms with van der Waals surface area (Å²) in [5, 5.41) is 0.645. The fraction of sp³-hybridized carbons (Fsp3) is 0.735. The van der Waals surface area contributed by atoms with Crippen molar-refractivity contribution in [2.24, 2.45) is 34.5 Å². The van der Waals surface area contributed by atoms with Crippen LogP contribution in [0.1, 0.15) is 127 Å². The second-order valence-corrected chi connectivity index (χ2v) is 13.8. The lowest BCUT2D eigenvalue weighted by atomic mass is 9.47. The number of halogens is 1. The van der Waals surface area contributed by atoms with E-state index in [1.54, 1.807) is 29.8 Å². The Balaban J connectivity index is 1.20. The van der Waals surface area contributed by atoms with Crippen LogP contribution >= 0.6 is 11.6 Å². The van der Waals surface area contributed by atoms with Gasteiger partial charge in [-0.25, -0.2) is 4.79 Å². The Morgan fingerprint density at radius 2 is 1.70 bits per heavy atom. The molecule has 2 nitrogen and oxygen atoms in total. The number of esters is 1. The minimum Gasteiger partial charge on any atom is -0.458 e. The molecule has 204 valence electrons. The highest BCUT2D eigenvalue weighted by molar-refractivity contribution is 6.30. The first-order valence-electron chi connectivity index (χ1n) is 15.5. The van der Waals surface area contributed by atoms with E-state index >= 15 is 0 Å². The van der Waals surface area contributed by atoms with Gasteiger partial charge in [-0.1, -0.05) is 82.5 Å². The SMILES string of the molecule is CCCCCCCC[C@@H]1CC[C@H]2[C@H]3CC=C4C[C@@H](OC(=O)c5ccc(Cl)cc5)CC[C@]4(C)[C@H]3CC[C@]12C. The molecule has 7 atom stereocenters. The molecule has 0 aliphatic heterocycles. The zero-order chi connectivity index (χ0) is 26.0. The molecule has 0 amide bonds. The largest absolute Gasteiger partial charge is 0.458 e. The monoisotopic (exact) mass is 524 g/mol. The molecule has 1 aromatic rings. The number of hydrogen-bond acceptors (Lipinski definition) is 2. The molecule has 0 radical (unpaired) electrons. The zero-order valence-electron chi connectivity index (χ0n) is 23.6. The average Bonchev–Trinajstić information content (AvgIpc) is 3.23. The van der Waals surface area contributed by atoms with Crippen LogP contribution in [0.4, 0.5) is 0 Å². The van der Waals surface area contributed by atoms with E-state index in [9.17, 15) is 4.79 Å². The average molecular weight is 525 g/mol. The van der Waals surface area contributed by atoms with Crippen LogP contribution in [0.5, 0.6) is 0 Å². The molecule has 3 heteroatoms. The summed E-state index contributed by atoms with van der Waals surface area (Å²) in [4.78, 5) is 12.7. The number of rotatable bonds is 9. The predicted molar refractivity (Wildman–Crippen MR) is 154 cm³/mol. The van der Waals surface area contributed by atoms with E-state index in [1.807, 2.05) is 0 Å². The highest BCUT2D eigenvalue weighted by atomic mass is 35.5. The summed E-state index contributed by atoms with van der Waals surface area (Å²) in [5.74, 6) is 3.31. The molecule has 0 saturated heterocycles. The van der Waals surface area contributed by atoms with Crippen molar-refractivity contribution in [3.05, 3.63) is 46.5 Å². The standard InChI is InChI=1S/C34H49ClO2/c1-4-5-6-7-8-9-10-25-14-18-30-29-17-13-26-23-28(37-32(36)24-11-15-27(35)16-12-24)19-21-34(26,3)31(29)20-22-33(25,30)2/h11-13,15-16,25,28-31H,4-10,14,17-23H2,1-3H3/t25-,28+,29-,30+,31+,33-,34+/m1/s1. The predicted octanol–water partition coefficient (Wildman–Crippen LogP) is 10.2. The summed E-state index contributed by atoms with van der Waals surface area (Å²) in [7, 11) is 0. The van der Waals surface area contributed by atoms with Crippen molar-refractivity contribution in [2.45, 2.75) is 123 Å². The third-order valence-electron chi connectivity index (χ3n) is 11.5. The molecular formula is C34H49ClO2. The van der Waals surface area contributed by atoms with Crippen molar-refractivity contribution in [1.82, 2.24) is 0 Å². The lowest BCUT2D eigenvalue weighted by Gasteiger charge is -2.58. The molecule has 0 N–H and O–H groups in total. The first-order chi connectivity index (χ1) is 17.8. The molecule has 3 fully saturated rings. The highest BCUT2D eigenvalue weighted by Crippen LogP contribution is 2.66. The Hall–Kier alpha value is -1.28. The Kier molecular flexibility index (Phi) is 8.45. The summed E-state index contributed by atoms with van der Waals surface area (Å²) in [6, 6.07) is 7.06. The van der Waals surface area contributed by atoms with Gasteiger partial charge in [0.2, 0.25) is 0 Å². The summed E-state index contributed by atoms with van der Waals surface area (Å²) >= 11 is 5.99. The van der Waals surface area contributed by atoms with Gasteiger partial charge in [-0.3, -0.25) is 0 Å². The van der Waals surface area contributed by atoms with Crippen molar-refractivity contribution in [3.63, 3.8) is 0 Å². The Morgan fingerprint density at radius 1 is 0.946 bits per heavy atom. The van der Waals surface area contributed by atoms with Gasteiger partial charge in [0.25, 0.3) is 0 Å². The fourth-order valence-corrected chi connectivity index (χ4v) is 9.41. The Labute approximate surface area is 231 Å². The van der Waals surface area contributed by atoms with Crippen LogP contribution in [-0.2, 0) is 4.74 Å². The number of ether oxygens (including phenoxy) is 1. The molecule has 0 heterocycles. The summed E-state index contributed by atoms with van der Waals surface area (Å²) in [6.45, 7) is 7.54. The van der Waals surface area contributed by atoms with Gasteiger partial charge in [-0.15, -0.1) is 0 Å². The first-order valence-corrected chi connectivity index (χ1v) is 15.9. The lowest BCUT2D eigenvalue weighted by Crippen LogP contribution is -2.50. The van der Waals surface area contributed by atoms with E-state index < -0.39 is 0 Å². The van der Waals surface area contributed by atoms with Gasteiger partial charge < -0.3 is 4.74 Å². The topological polar surface area (TPSA) is 26.3 Å². The number of carbonyl (C=O) groups is 1. The van der Waals surface area contributed by atoms with Gasteiger partial charge in [0, 0.05) is 11.4 Å². The number of benzene rings is 1. The second kappa shape index (κ2) is 11.4. The van der Waals surface area contributed by atoms with Gasteiger partial charge in [0.05, 0.1) is 5.56 Å². The van der Waals surface area contributed by atoms with Gasteiger partial charge >= 0.3 is 5.97 Å². The van der Waals surface area contributed by atoms with E-state index in [4.69, 9.17) is 16.3 Å². The summed E-state index contributed by atoms with van der Waals surface area (Å²) in [5.41, 5.74) is 3.04. The third-order valence-corrected chi connectivity index (χ3v) is 11.8. The third kappa shape index (κ3) is 5.43. The maximum Gasteiger partial charge on any atom is 0.338 e. The van der Waals surface area contributed by atoms with Gasteiger partial charge in [-0.2, -0.15) is 0 Å². The molecule has 0 aromatic heterocycles. The summed E-state index contributed by atoms with van der Waals surface area (Å²) < 4.78 is 5.99. The normalized spacial score (nSPS) is 36.8. The molecule has 3 saturated carbocycles. The van der Waals surface area contributed by atoms with Gasteiger partial charge in [0.1, 0.15) is 6.10 Å². The smallest absolute Gasteiger partial charge is 0.338 e. The number of hydrogen-bond donors (Lipinski definition) is 0. The fourth-order valence-electron chi connectivity index (χ4n) is 9.29. The van der Waals surface area contributed by atoms with E-state index in [0.29, 0.717) is 21.4 Å². The first kappa shape index (κ1) is 27.3. The van der Waals surface area contributed by atoms with Crippen LogP contribution < -0.4 is 0 Å². The maximum absolute atomic E-state index is 12.7. The van der Waals surface area contributed by atoms with Crippen LogP contribution in [-0.4, -0.2) is 12.1 Å². The van der Waals surface area contributed by atoms with E-state index in [1.165, 1.54) is 77.0 Å². The molecule has 0 unspecified atom stereocenters. The van der Waals surface area contributed by atoms with Crippen LogP contribution in [0.3, 0.4) is 0 Å². The van der Waals surface area contributed by atoms with E-state index in [0.717, 1.165) is 42.9 Å². The maximum atomic E-state index is 12.7. The minimum atomic E-state index is -0.213. The van der Waals surface area contributed by atoms with Crippen LogP contribution in [0.15, 0.2) is 35.9 Å². The molecule has 1 aromatic carbocycles. The number of allylic oxidation sites excluding steroid dienone is 1. The van der Waals surface area contributed by atoms with Crippen molar-refractivity contribution >= 4 is 17.6 Å². The van der Waals surface area contributed by atoms with Crippen molar-refractivity contribution in [1.29, 1.82) is 0 Å². The number of carbonyl (C=O) groups excluding carboxylic acids is 1. The second-order valence-electron chi connectivity index (χ2n) is 13.4. The van der Waals surface area contributed by atoms with Crippen LogP contribution in [0, 0.1) is 34.5 Å². The Morgan fingerprint density at radius 3 is 2.49 bits per heavy atom. The number of unbranched alkanes of at least 4 members (excludes halogenated alkanes) is 5. The molecule has 37 heavy (non-hydrogen) atoms. The molecular weight excluding hydrogens is 476 g/mol. The number of fused-ring (bicyclic) bond motifs is 5. The lowest BCUT2D eigenvalue weighted by molar-refractivity contribution is -0.0536. The van der Waals surface area contributed by atoms with Gasteiger partial charge in [0.15, 0.2) is 0 Å². The highest BCUT2D eigenvalue weighted by Gasteiger charge is 2.58. The Bertz CT molecular complexity index is 967. The van der Waals surface area contributed by atoms with E-state index in [2.05, 4.69) is 26.8 Å². The van der Waals surface area contributed by atoms with Crippen molar-refractivity contribution < 1.29 is 9.53 Å².